The summed E-state index contributed by atoms with van der Waals surface area (Å²) in [7, 11) is -3.87. The molecule has 1 heterocycles. The van der Waals surface area contributed by atoms with Gasteiger partial charge in [0.15, 0.2) is 0 Å². The molecule has 0 spiro atoms. The predicted octanol–water partition coefficient (Wildman–Crippen LogP) is 3.18. The van der Waals surface area contributed by atoms with Crippen LogP contribution in [0.15, 0.2) is 89.8 Å². The van der Waals surface area contributed by atoms with Crippen LogP contribution in [0.5, 0.6) is 0 Å². The highest BCUT2D eigenvalue weighted by atomic mass is 32.2. The second-order valence-corrected chi connectivity index (χ2v) is 9.01. The zero-order valence-corrected chi connectivity index (χ0v) is 18.5. The van der Waals surface area contributed by atoms with E-state index in [4.69, 9.17) is 0 Å². The van der Waals surface area contributed by atoms with Crippen molar-refractivity contribution in [2.75, 3.05) is 4.72 Å². The number of nitrogens with zero attached hydrogens (tertiary/aromatic N) is 1. The fourth-order valence-corrected chi connectivity index (χ4v) is 4.19. The highest BCUT2D eigenvalue weighted by Gasteiger charge is 2.14. The number of carbonyl (C=O) groups excluding carboxylic acids is 2. The van der Waals surface area contributed by atoms with Crippen LogP contribution >= 0.6 is 0 Å². The number of hydrogen-bond donors (Lipinski definition) is 3. The first-order valence-corrected chi connectivity index (χ1v) is 11.6. The summed E-state index contributed by atoms with van der Waals surface area (Å²) in [5.41, 5.74) is 6.37. The van der Waals surface area contributed by atoms with E-state index < -0.39 is 27.7 Å². The molecule has 0 aliphatic carbocycles. The van der Waals surface area contributed by atoms with Crippen LogP contribution in [-0.2, 0) is 21.2 Å². The minimum Gasteiger partial charge on any atom is -0.280 e. The molecule has 0 radical (unpaired) electrons. The van der Waals surface area contributed by atoms with Gasteiger partial charge in [-0.05, 0) is 54.1 Å². The topological polar surface area (TPSA) is 117 Å². The molecule has 3 N–H and O–H groups in total. The molecule has 172 valence electrons. The molecule has 0 aliphatic rings. The number of fused-ring (bicyclic) bond motifs is 1. The van der Waals surface area contributed by atoms with E-state index in [0.717, 1.165) is 29.7 Å². The molecule has 34 heavy (non-hydrogen) atoms. The summed E-state index contributed by atoms with van der Waals surface area (Å²) in [5.74, 6) is -1.55. The molecule has 0 atom stereocenters. The van der Waals surface area contributed by atoms with Gasteiger partial charge in [0.1, 0.15) is 11.5 Å². The third kappa shape index (κ3) is 5.54. The van der Waals surface area contributed by atoms with Crippen LogP contribution < -0.4 is 15.6 Å². The summed E-state index contributed by atoms with van der Waals surface area (Å²) in [6.45, 7) is 0. The number of amides is 2. The molecule has 1 aromatic heterocycles. The minimum absolute atomic E-state index is 0.0452. The van der Waals surface area contributed by atoms with Crippen molar-refractivity contribution in [3.8, 4) is 0 Å². The lowest BCUT2D eigenvalue weighted by atomic mass is 10.1. The molecule has 0 bridgehead atoms. The van der Waals surface area contributed by atoms with E-state index in [1.807, 2.05) is 18.2 Å². The molecule has 0 saturated carbocycles. The van der Waals surface area contributed by atoms with Crippen molar-refractivity contribution in [1.82, 2.24) is 15.8 Å². The summed E-state index contributed by atoms with van der Waals surface area (Å²) in [4.78, 5) is 28.7. The molecular formula is C24H19FN4O4S. The smallest absolute Gasteiger partial charge is 0.280 e. The zero-order chi connectivity index (χ0) is 24.1. The lowest BCUT2D eigenvalue weighted by molar-refractivity contribution is -0.121. The van der Waals surface area contributed by atoms with Gasteiger partial charge in [-0.25, -0.2) is 17.8 Å². The molecule has 3 aromatic carbocycles. The van der Waals surface area contributed by atoms with Gasteiger partial charge in [-0.1, -0.05) is 36.4 Å². The van der Waals surface area contributed by atoms with Crippen LogP contribution in [0.1, 0.15) is 16.1 Å². The van der Waals surface area contributed by atoms with Gasteiger partial charge in [0.05, 0.1) is 16.8 Å². The number of para-hydroxylation sites is 1. The summed E-state index contributed by atoms with van der Waals surface area (Å²) < 4.78 is 40.2. The van der Waals surface area contributed by atoms with Crippen LogP contribution in [0, 0.1) is 5.82 Å². The number of halogens is 1. The maximum absolute atomic E-state index is 13.0. The predicted molar refractivity (Wildman–Crippen MR) is 125 cm³/mol. The van der Waals surface area contributed by atoms with Crippen molar-refractivity contribution in [1.29, 1.82) is 0 Å². The Balaban J connectivity index is 1.31. The first-order valence-electron chi connectivity index (χ1n) is 10.1. The van der Waals surface area contributed by atoms with E-state index in [1.165, 1.54) is 12.1 Å². The zero-order valence-electron chi connectivity index (χ0n) is 17.7. The average Bonchev–Trinajstić information content (AvgIpc) is 2.83. The number of hydrogen-bond acceptors (Lipinski definition) is 5. The van der Waals surface area contributed by atoms with E-state index in [1.54, 1.807) is 30.3 Å². The third-order valence-corrected chi connectivity index (χ3v) is 6.24. The van der Waals surface area contributed by atoms with E-state index >= 15 is 0 Å². The second kappa shape index (κ2) is 9.67. The van der Waals surface area contributed by atoms with Crippen molar-refractivity contribution >= 4 is 38.4 Å². The molecule has 10 heteroatoms. The van der Waals surface area contributed by atoms with Gasteiger partial charge >= 0.3 is 0 Å². The Bertz CT molecular complexity index is 1460. The van der Waals surface area contributed by atoms with E-state index in [-0.39, 0.29) is 22.7 Å². The summed E-state index contributed by atoms with van der Waals surface area (Å²) >= 11 is 0. The van der Waals surface area contributed by atoms with Gasteiger partial charge in [-0.2, -0.15) is 0 Å². The lowest BCUT2D eigenvalue weighted by Gasteiger charge is -2.10. The summed E-state index contributed by atoms with van der Waals surface area (Å²) in [5, 5.41) is 0.895. The fraction of sp³-hybridized carbons (Fsp3) is 0.0417. The number of aromatic nitrogens is 1. The molecule has 4 rings (SSSR count). The van der Waals surface area contributed by atoms with Crippen LogP contribution in [0.4, 0.5) is 10.1 Å². The maximum atomic E-state index is 13.0. The molecular weight excluding hydrogens is 459 g/mol. The van der Waals surface area contributed by atoms with Gasteiger partial charge < -0.3 is 0 Å². The Morgan fingerprint density at radius 1 is 0.824 bits per heavy atom. The van der Waals surface area contributed by atoms with Gasteiger partial charge in [-0.3, -0.25) is 25.2 Å². The summed E-state index contributed by atoms with van der Waals surface area (Å²) in [6, 6.07) is 21.3. The highest BCUT2D eigenvalue weighted by Crippen LogP contribution is 2.17. The molecule has 0 unspecified atom stereocenters. The van der Waals surface area contributed by atoms with E-state index in [9.17, 15) is 22.4 Å². The average molecular weight is 479 g/mol. The fourth-order valence-electron chi connectivity index (χ4n) is 3.13. The van der Waals surface area contributed by atoms with E-state index in [0.29, 0.717) is 11.1 Å². The largest absolute Gasteiger partial charge is 0.288 e. The van der Waals surface area contributed by atoms with Gasteiger partial charge in [0.2, 0.25) is 5.91 Å². The van der Waals surface area contributed by atoms with Crippen LogP contribution in [-0.4, -0.2) is 25.2 Å². The Labute approximate surface area is 194 Å². The number of hydrazine groups is 1. The lowest BCUT2D eigenvalue weighted by Crippen LogP contribution is -2.42. The van der Waals surface area contributed by atoms with Crippen LogP contribution in [0.25, 0.3) is 10.9 Å². The van der Waals surface area contributed by atoms with Crippen molar-refractivity contribution in [3.63, 3.8) is 0 Å². The molecule has 0 fully saturated rings. The van der Waals surface area contributed by atoms with E-state index in [2.05, 4.69) is 20.6 Å². The standard InChI is InChI=1S/C24H19FN4O4S/c25-18-8-12-20(13-9-18)34(32,33)29-19-10-5-16(6-11-19)15-23(30)27-28-24(31)22-14-7-17-3-1-2-4-21(17)26-22/h1-14,29H,15H2,(H,27,30)(H,28,31). The van der Waals surface area contributed by atoms with Crippen LogP contribution in [0.3, 0.4) is 0 Å². The number of pyridine rings is 1. The number of benzene rings is 3. The Morgan fingerprint density at radius 2 is 1.53 bits per heavy atom. The van der Waals surface area contributed by atoms with Crippen molar-refractivity contribution < 1.29 is 22.4 Å². The number of sulfonamides is 1. The van der Waals surface area contributed by atoms with Gasteiger partial charge in [-0.15, -0.1) is 0 Å². The minimum atomic E-state index is -3.87. The van der Waals surface area contributed by atoms with Crippen LogP contribution in [0.2, 0.25) is 0 Å². The third-order valence-electron chi connectivity index (χ3n) is 4.84. The van der Waals surface area contributed by atoms with Gasteiger partial charge in [0, 0.05) is 11.1 Å². The quantitative estimate of drug-likeness (QED) is 0.368. The molecule has 0 aliphatic heterocycles. The number of carbonyl (C=O) groups is 2. The Kier molecular flexibility index (Phi) is 6.51. The molecule has 4 aromatic rings. The number of rotatable bonds is 6. The second-order valence-electron chi connectivity index (χ2n) is 7.32. The first kappa shape index (κ1) is 22.9. The molecule has 2 amide bonds. The number of nitrogens with one attached hydrogen (secondary N) is 3. The maximum Gasteiger partial charge on any atom is 0.288 e. The number of anilines is 1. The molecule has 0 saturated heterocycles. The van der Waals surface area contributed by atoms with Crippen molar-refractivity contribution in [2.24, 2.45) is 0 Å². The monoisotopic (exact) mass is 478 g/mol. The Morgan fingerprint density at radius 3 is 2.26 bits per heavy atom. The summed E-state index contributed by atoms with van der Waals surface area (Å²) in [6.07, 6.45) is -0.0452. The first-order chi connectivity index (χ1) is 16.3. The van der Waals surface area contributed by atoms with Crippen molar-refractivity contribution in [2.45, 2.75) is 11.3 Å². The molecule has 8 nitrogen and oxygen atoms in total. The highest BCUT2D eigenvalue weighted by molar-refractivity contribution is 7.92. The van der Waals surface area contributed by atoms with Crippen molar-refractivity contribution in [3.05, 3.63) is 102 Å². The normalized spacial score (nSPS) is 11.1. The van der Waals surface area contributed by atoms with Gasteiger partial charge in [0.25, 0.3) is 15.9 Å². The SMILES string of the molecule is O=C(Cc1ccc(NS(=O)(=O)c2ccc(F)cc2)cc1)NNC(=O)c1ccc2ccccc2n1. The Hall–Kier alpha value is -4.31.